The number of aliphatic hydroxyl groups excluding tert-OH is 1. The number of hydrogen-bond donors (Lipinski definition) is 2. The highest BCUT2D eigenvalue weighted by molar-refractivity contribution is 9.10. The van der Waals surface area contributed by atoms with Crippen LogP contribution in [-0.2, 0) is 4.74 Å². The van der Waals surface area contributed by atoms with E-state index < -0.39 is 6.10 Å². The molecule has 0 aliphatic rings. The summed E-state index contributed by atoms with van der Waals surface area (Å²) in [6.07, 6.45) is -0.0632. The first kappa shape index (κ1) is 16.1. The van der Waals surface area contributed by atoms with Crippen LogP contribution >= 0.6 is 15.9 Å². The third-order valence-corrected chi connectivity index (χ3v) is 3.73. The van der Waals surface area contributed by atoms with E-state index in [0.717, 1.165) is 15.6 Å². The molecule has 19 heavy (non-hydrogen) atoms. The summed E-state index contributed by atoms with van der Waals surface area (Å²) in [4.78, 5) is 12.0. The molecule has 0 bridgehead atoms. The van der Waals surface area contributed by atoms with Gasteiger partial charge in [-0.05, 0) is 43.5 Å². The number of nitrogens with one attached hydrogen (secondary N) is 1. The number of rotatable bonds is 6. The lowest BCUT2D eigenvalue weighted by molar-refractivity contribution is 0.0587. The molecule has 0 aliphatic carbocycles. The molecule has 0 spiro atoms. The maximum atomic E-state index is 12.0. The SMILES string of the molecule is COCC(O)CCNC(=O)c1cc(C)c(Br)cc1C. The van der Waals surface area contributed by atoms with Crippen LogP contribution in [0, 0.1) is 13.8 Å². The standard InChI is InChI=1S/C14H20BrNO3/c1-9-7-13(15)10(2)6-12(9)14(18)16-5-4-11(17)8-19-3/h6-7,11,17H,4-5,8H2,1-3H3,(H,16,18). The second-order valence-electron chi connectivity index (χ2n) is 4.57. The van der Waals surface area contributed by atoms with Gasteiger partial charge in [0, 0.05) is 23.7 Å². The van der Waals surface area contributed by atoms with Crippen molar-refractivity contribution in [1.82, 2.24) is 5.32 Å². The zero-order valence-electron chi connectivity index (χ0n) is 11.5. The van der Waals surface area contributed by atoms with E-state index in [1.165, 1.54) is 7.11 Å². The number of aryl methyl sites for hydroxylation is 2. The Kier molecular flexibility index (Phi) is 6.48. The Morgan fingerprint density at radius 1 is 1.42 bits per heavy atom. The number of methoxy groups -OCH3 is 1. The van der Waals surface area contributed by atoms with Crippen LogP contribution in [0.2, 0.25) is 0 Å². The summed E-state index contributed by atoms with van der Waals surface area (Å²) in [7, 11) is 1.54. The minimum absolute atomic E-state index is 0.113. The summed E-state index contributed by atoms with van der Waals surface area (Å²) < 4.78 is 5.82. The molecule has 1 unspecified atom stereocenters. The lowest BCUT2D eigenvalue weighted by atomic mass is 10.1. The van der Waals surface area contributed by atoms with Crippen molar-refractivity contribution in [2.45, 2.75) is 26.4 Å². The summed E-state index contributed by atoms with van der Waals surface area (Å²) in [5, 5.41) is 12.3. The Hall–Kier alpha value is -0.910. The zero-order chi connectivity index (χ0) is 14.4. The number of benzene rings is 1. The number of aliphatic hydroxyl groups is 1. The molecule has 0 saturated heterocycles. The van der Waals surface area contributed by atoms with Crippen LogP contribution in [0.5, 0.6) is 0 Å². The van der Waals surface area contributed by atoms with Gasteiger partial charge in [0.05, 0.1) is 12.7 Å². The van der Waals surface area contributed by atoms with Gasteiger partial charge < -0.3 is 15.2 Å². The molecule has 5 heteroatoms. The summed E-state index contributed by atoms with van der Waals surface area (Å²) in [6.45, 7) is 4.56. The fraction of sp³-hybridized carbons (Fsp3) is 0.500. The predicted octanol–water partition coefficient (Wildman–Crippen LogP) is 2.19. The molecule has 1 amide bonds. The predicted molar refractivity (Wildman–Crippen MR) is 78.4 cm³/mol. The van der Waals surface area contributed by atoms with E-state index in [2.05, 4.69) is 21.2 Å². The summed E-state index contributed by atoms with van der Waals surface area (Å²) >= 11 is 3.44. The van der Waals surface area contributed by atoms with Crippen molar-refractivity contribution in [3.8, 4) is 0 Å². The second-order valence-corrected chi connectivity index (χ2v) is 5.42. The second kappa shape index (κ2) is 7.62. The minimum atomic E-state index is -0.543. The number of carbonyl (C=O) groups excluding carboxylic acids is 1. The van der Waals surface area contributed by atoms with Crippen molar-refractivity contribution in [2.24, 2.45) is 0 Å². The molecule has 106 valence electrons. The van der Waals surface area contributed by atoms with Crippen molar-refractivity contribution in [2.75, 3.05) is 20.3 Å². The highest BCUT2D eigenvalue weighted by atomic mass is 79.9. The van der Waals surface area contributed by atoms with Gasteiger partial charge in [0.25, 0.3) is 5.91 Å². The van der Waals surface area contributed by atoms with Crippen LogP contribution in [0.25, 0.3) is 0 Å². The molecular weight excluding hydrogens is 310 g/mol. The summed E-state index contributed by atoms with van der Waals surface area (Å²) in [6, 6.07) is 3.80. The molecule has 1 atom stereocenters. The molecular formula is C14H20BrNO3. The van der Waals surface area contributed by atoms with Crippen LogP contribution in [0.15, 0.2) is 16.6 Å². The monoisotopic (exact) mass is 329 g/mol. The molecule has 0 aromatic heterocycles. The topological polar surface area (TPSA) is 58.6 Å². The first-order valence-corrected chi connectivity index (χ1v) is 6.97. The van der Waals surface area contributed by atoms with Gasteiger partial charge in [0.15, 0.2) is 0 Å². The van der Waals surface area contributed by atoms with Gasteiger partial charge in [0.1, 0.15) is 0 Å². The van der Waals surface area contributed by atoms with Gasteiger partial charge in [-0.2, -0.15) is 0 Å². The average molecular weight is 330 g/mol. The van der Waals surface area contributed by atoms with E-state index in [1.807, 2.05) is 26.0 Å². The van der Waals surface area contributed by atoms with Crippen LogP contribution in [0.3, 0.4) is 0 Å². The van der Waals surface area contributed by atoms with Gasteiger partial charge in [-0.15, -0.1) is 0 Å². The van der Waals surface area contributed by atoms with Gasteiger partial charge in [-0.1, -0.05) is 15.9 Å². The van der Waals surface area contributed by atoms with E-state index >= 15 is 0 Å². The van der Waals surface area contributed by atoms with Crippen molar-refractivity contribution < 1.29 is 14.6 Å². The normalized spacial score (nSPS) is 12.3. The zero-order valence-corrected chi connectivity index (χ0v) is 13.1. The van der Waals surface area contributed by atoms with Gasteiger partial charge in [-0.3, -0.25) is 4.79 Å². The number of halogens is 1. The first-order valence-electron chi connectivity index (χ1n) is 6.17. The Labute approximate surface area is 122 Å². The maximum absolute atomic E-state index is 12.0. The highest BCUT2D eigenvalue weighted by Gasteiger charge is 2.11. The van der Waals surface area contributed by atoms with Crippen LogP contribution in [-0.4, -0.2) is 37.4 Å². The summed E-state index contributed by atoms with van der Waals surface area (Å²) in [5.74, 6) is -0.113. The molecule has 1 aromatic rings. The minimum Gasteiger partial charge on any atom is -0.391 e. The van der Waals surface area contributed by atoms with Gasteiger partial charge >= 0.3 is 0 Å². The summed E-state index contributed by atoms with van der Waals surface area (Å²) in [5.41, 5.74) is 2.62. The van der Waals surface area contributed by atoms with Crippen molar-refractivity contribution in [3.05, 3.63) is 33.3 Å². The number of hydrogen-bond acceptors (Lipinski definition) is 3. The van der Waals surface area contributed by atoms with Crippen molar-refractivity contribution in [3.63, 3.8) is 0 Å². The fourth-order valence-corrected chi connectivity index (χ4v) is 2.21. The highest BCUT2D eigenvalue weighted by Crippen LogP contribution is 2.20. The van der Waals surface area contributed by atoms with Crippen molar-refractivity contribution >= 4 is 21.8 Å². The third-order valence-electron chi connectivity index (χ3n) is 2.87. The molecule has 4 nitrogen and oxygen atoms in total. The molecule has 2 N–H and O–H groups in total. The number of amides is 1. The van der Waals surface area contributed by atoms with Gasteiger partial charge in [0.2, 0.25) is 0 Å². The van der Waals surface area contributed by atoms with E-state index in [0.29, 0.717) is 18.5 Å². The Bertz CT molecular complexity index is 449. The van der Waals surface area contributed by atoms with E-state index in [-0.39, 0.29) is 12.5 Å². The smallest absolute Gasteiger partial charge is 0.251 e. The molecule has 0 radical (unpaired) electrons. The first-order chi connectivity index (χ1) is 8.95. The van der Waals surface area contributed by atoms with Crippen molar-refractivity contribution in [1.29, 1.82) is 0 Å². The molecule has 0 fully saturated rings. The Morgan fingerprint density at radius 2 is 2.11 bits per heavy atom. The van der Waals surface area contributed by atoms with E-state index in [9.17, 15) is 9.90 Å². The Balaban J connectivity index is 2.57. The lowest BCUT2D eigenvalue weighted by Gasteiger charge is -2.12. The van der Waals surface area contributed by atoms with Crippen LogP contribution in [0.1, 0.15) is 27.9 Å². The van der Waals surface area contributed by atoms with E-state index in [4.69, 9.17) is 4.74 Å². The maximum Gasteiger partial charge on any atom is 0.251 e. The quantitative estimate of drug-likeness (QED) is 0.841. The van der Waals surface area contributed by atoms with E-state index in [1.54, 1.807) is 0 Å². The number of ether oxygens (including phenoxy) is 1. The molecule has 0 aliphatic heterocycles. The van der Waals surface area contributed by atoms with Crippen LogP contribution in [0.4, 0.5) is 0 Å². The molecule has 1 rings (SSSR count). The third kappa shape index (κ3) is 4.93. The molecule has 0 heterocycles. The molecule has 1 aromatic carbocycles. The van der Waals surface area contributed by atoms with Crippen LogP contribution < -0.4 is 5.32 Å². The largest absolute Gasteiger partial charge is 0.391 e. The average Bonchev–Trinajstić information content (AvgIpc) is 2.34. The Morgan fingerprint density at radius 3 is 2.74 bits per heavy atom. The molecule has 0 saturated carbocycles. The van der Waals surface area contributed by atoms with Gasteiger partial charge in [-0.25, -0.2) is 0 Å². The lowest BCUT2D eigenvalue weighted by Crippen LogP contribution is -2.29. The fourth-order valence-electron chi connectivity index (χ4n) is 1.75. The number of carbonyl (C=O) groups is 1.